The fourth-order valence-electron chi connectivity index (χ4n) is 1.25. The monoisotopic (exact) mass is 204 g/mol. The second kappa shape index (κ2) is 5.98. The first kappa shape index (κ1) is 11.5. The zero-order valence-corrected chi connectivity index (χ0v) is 8.65. The van der Waals surface area contributed by atoms with Crippen molar-refractivity contribution in [2.24, 2.45) is 5.73 Å². The molecule has 0 spiro atoms. The predicted molar refractivity (Wildman–Crippen MR) is 61.2 cm³/mol. The third-order valence-electron chi connectivity index (χ3n) is 2.08. The van der Waals surface area contributed by atoms with E-state index in [-0.39, 0.29) is 11.9 Å². The molecule has 0 saturated carbocycles. The molecule has 3 N–H and O–H groups in total. The van der Waals surface area contributed by atoms with Crippen LogP contribution < -0.4 is 11.1 Å². The molecule has 0 saturated heterocycles. The Morgan fingerprint density at radius 2 is 2.13 bits per heavy atom. The van der Waals surface area contributed by atoms with Gasteiger partial charge in [0.15, 0.2) is 0 Å². The van der Waals surface area contributed by atoms with Crippen molar-refractivity contribution in [2.45, 2.75) is 12.5 Å². The fraction of sp³-hybridized carbons (Fsp3) is 0.250. The summed E-state index contributed by atoms with van der Waals surface area (Å²) in [6, 6.07) is 9.54. The summed E-state index contributed by atoms with van der Waals surface area (Å²) in [5.74, 6) is -0.0450. The molecule has 1 aromatic carbocycles. The van der Waals surface area contributed by atoms with Crippen LogP contribution in [0.3, 0.4) is 0 Å². The molecule has 0 aromatic heterocycles. The first-order chi connectivity index (χ1) is 7.24. The number of hydrogen-bond donors (Lipinski definition) is 2. The molecule has 1 amide bonds. The molecule has 1 aromatic rings. The highest BCUT2D eigenvalue weighted by Gasteiger charge is 2.06. The van der Waals surface area contributed by atoms with Gasteiger partial charge in [-0.2, -0.15) is 0 Å². The van der Waals surface area contributed by atoms with Crippen LogP contribution in [0.5, 0.6) is 0 Å². The van der Waals surface area contributed by atoms with Crippen LogP contribution in [0.25, 0.3) is 0 Å². The molecule has 15 heavy (non-hydrogen) atoms. The molecule has 0 aliphatic heterocycles. The molecule has 1 unspecified atom stereocenters. The molecule has 1 atom stereocenters. The zero-order valence-electron chi connectivity index (χ0n) is 8.65. The van der Waals surface area contributed by atoms with Crippen molar-refractivity contribution in [1.29, 1.82) is 0 Å². The molecule has 0 bridgehead atoms. The van der Waals surface area contributed by atoms with Crippen molar-refractivity contribution in [3.05, 3.63) is 48.6 Å². The van der Waals surface area contributed by atoms with Crippen molar-refractivity contribution < 1.29 is 4.79 Å². The average Bonchev–Trinajstić information content (AvgIpc) is 2.27. The summed E-state index contributed by atoms with van der Waals surface area (Å²) in [6.07, 6.45) is 1.91. The quantitative estimate of drug-likeness (QED) is 0.712. The third-order valence-corrected chi connectivity index (χ3v) is 2.08. The van der Waals surface area contributed by atoms with Crippen LogP contribution in [0.2, 0.25) is 0 Å². The molecule has 0 fully saturated rings. The van der Waals surface area contributed by atoms with E-state index in [0.29, 0.717) is 13.0 Å². The van der Waals surface area contributed by atoms with Gasteiger partial charge in [0.2, 0.25) is 5.91 Å². The molecule has 3 heteroatoms. The van der Waals surface area contributed by atoms with E-state index in [4.69, 9.17) is 5.73 Å². The minimum atomic E-state index is -0.153. The summed E-state index contributed by atoms with van der Waals surface area (Å²) in [4.78, 5) is 11.1. The van der Waals surface area contributed by atoms with E-state index in [1.165, 1.54) is 0 Å². The summed E-state index contributed by atoms with van der Waals surface area (Å²) in [7, 11) is 0. The lowest BCUT2D eigenvalue weighted by molar-refractivity contribution is -0.120. The van der Waals surface area contributed by atoms with Gasteiger partial charge in [0.05, 0.1) is 0 Å². The second-order valence-corrected chi connectivity index (χ2v) is 3.31. The minimum absolute atomic E-state index is 0.0450. The van der Waals surface area contributed by atoms with Crippen molar-refractivity contribution >= 4 is 5.91 Å². The first-order valence-corrected chi connectivity index (χ1v) is 4.92. The number of amides is 1. The van der Waals surface area contributed by atoms with Gasteiger partial charge in [-0.05, 0) is 5.56 Å². The molecule has 0 aliphatic rings. The Bertz CT molecular complexity index is 322. The van der Waals surface area contributed by atoms with Gasteiger partial charge in [0, 0.05) is 19.0 Å². The number of hydrogen-bond acceptors (Lipinski definition) is 2. The Morgan fingerprint density at radius 3 is 2.73 bits per heavy atom. The SMILES string of the molecule is C=CCC(=O)NCC(N)c1ccccc1. The fourth-order valence-corrected chi connectivity index (χ4v) is 1.25. The van der Waals surface area contributed by atoms with Crippen molar-refractivity contribution in [3.8, 4) is 0 Å². The smallest absolute Gasteiger partial charge is 0.223 e. The van der Waals surface area contributed by atoms with E-state index < -0.39 is 0 Å². The van der Waals surface area contributed by atoms with Gasteiger partial charge in [-0.25, -0.2) is 0 Å². The van der Waals surface area contributed by atoms with Crippen LogP contribution in [0.1, 0.15) is 18.0 Å². The lowest BCUT2D eigenvalue weighted by atomic mass is 10.1. The zero-order chi connectivity index (χ0) is 11.1. The van der Waals surface area contributed by atoms with Gasteiger partial charge in [0.1, 0.15) is 0 Å². The van der Waals surface area contributed by atoms with E-state index >= 15 is 0 Å². The van der Waals surface area contributed by atoms with Crippen LogP contribution >= 0.6 is 0 Å². The number of nitrogens with one attached hydrogen (secondary N) is 1. The standard InChI is InChI=1S/C12H16N2O/c1-2-6-12(15)14-9-11(13)10-7-4-3-5-8-10/h2-5,7-8,11H,1,6,9,13H2,(H,14,15). The first-order valence-electron chi connectivity index (χ1n) is 4.92. The number of carbonyl (C=O) groups is 1. The average molecular weight is 204 g/mol. The van der Waals surface area contributed by atoms with Crippen LogP contribution in [0, 0.1) is 0 Å². The summed E-state index contributed by atoms with van der Waals surface area (Å²) in [6.45, 7) is 3.95. The van der Waals surface area contributed by atoms with Gasteiger partial charge in [-0.15, -0.1) is 6.58 Å². The highest BCUT2D eigenvalue weighted by Crippen LogP contribution is 2.07. The van der Waals surface area contributed by atoms with E-state index in [1.807, 2.05) is 30.3 Å². The summed E-state index contributed by atoms with van der Waals surface area (Å²) >= 11 is 0. The Labute approximate surface area is 90.0 Å². The maximum absolute atomic E-state index is 11.1. The maximum Gasteiger partial charge on any atom is 0.223 e. The second-order valence-electron chi connectivity index (χ2n) is 3.31. The van der Waals surface area contributed by atoms with Gasteiger partial charge in [-0.3, -0.25) is 4.79 Å². The number of carbonyl (C=O) groups excluding carboxylic acids is 1. The number of benzene rings is 1. The molecule has 0 radical (unpaired) electrons. The van der Waals surface area contributed by atoms with E-state index in [2.05, 4.69) is 11.9 Å². The molecular weight excluding hydrogens is 188 g/mol. The topological polar surface area (TPSA) is 55.1 Å². The maximum atomic E-state index is 11.1. The van der Waals surface area contributed by atoms with Crippen molar-refractivity contribution in [1.82, 2.24) is 5.32 Å². The molecule has 1 rings (SSSR count). The normalized spacial score (nSPS) is 11.8. The highest BCUT2D eigenvalue weighted by molar-refractivity contribution is 5.77. The minimum Gasteiger partial charge on any atom is -0.354 e. The molecular formula is C12H16N2O. The van der Waals surface area contributed by atoms with Crippen molar-refractivity contribution in [2.75, 3.05) is 6.54 Å². The summed E-state index contributed by atoms with van der Waals surface area (Å²) < 4.78 is 0. The van der Waals surface area contributed by atoms with Crippen LogP contribution in [-0.2, 0) is 4.79 Å². The summed E-state index contributed by atoms with van der Waals surface area (Å²) in [5.41, 5.74) is 6.92. The largest absolute Gasteiger partial charge is 0.354 e. The van der Waals surface area contributed by atoms with Gasteiger partial charge in [-0.1, -0.05) is 36.4 Å². The lowest BCUT2D eigenvalue weighted by Crippen LogP contribution is -2.31. The molecule has 3 nitrogen and oxygen atoms in total. The third kappa shape index (κ3) is 3.95. The van der Waals surface area contributed by atoms with Crippen LogP contribution in [-0.4, -0.2) is 12.5 Å². The van der Waals surface area contributed by atoms with Crippen LogP contribution in [0.4, 0.5) is 0 Å². The van der Waals surface area contributed by atoms with E-state index in [1.54, 1.807) is 6.08 Å². The van der Waals surface area contributed by atoms with Crippen LogP contribution in [0.15, 0.2) is 43.0 Å². The van der Waals surface area contributed by atoms with Gasteiger partial charge in [0.25, 0.3) is 0 Å². The van der Waals surface area contributed by atoms with Gasteiger partial charge >= 0.3 is 0 Å². The molecule has 0 aliphatic carbocycles. The van der Waals surface area contributed by atoms with E-state index in [9.17, 15) is 4.79 Å². The Kier molecular flexibility index (Phi) is 4.57. The Morgan fingerprint density at radius 1 is 1.47 bits per heavy atom. The highest BCUT2D eigenvalue weighted by atomic mass is 16.1. The lowest BCUT2D eigenvalue weighted by Gasteiger charge is -2.12. The molecule has 80 valence electrons. The van der Waals surface area contributed by atoms with Gasteiger partial charge < -0.3 is 11.1 Å². The Balaban J connectivity index is 2.40. The predicted octanol–water partition coefficient (Wildman–Crippen LogP) is 1.38. The van der Waals surface area contributed by atoms with Crippen molar-refractivity contribution in [3.63, 3.8) is 0 Å². The Hall–Kier alpha value is -1.61. The molecule has 0 heterocycles. The van der Waals surface area contributed by atoms with E-state index in [0.717, 1.165) is 5.56 Å². The summed E-state index contributed by atoms with van der Waals surface area (Å²) in [5, 5.41) is 2.75. The number of rotatable bonds is 5. The number of nitrogens with two attached hydrogens (primary N) is 1.